The van der Waals surface area contributed by atoms with Gasteiger partial charge < -0.3 is 4.74 Å². The van der Waals surface area contributed by atoms with Crippen molar-refractivity contribution in [2.75, 3.05) is 7.11 Å². The van der Waals surface area contributed by atoms with E-state index >= 15 is 0 Å². The Labute approximate surface area is 120 Å². The van der Waals surface area contributed by atoms with Crippen molar-refractivity contribution < 1.29 is 40.7 Å². The third-order valence-corrected chi connectivity index (χ3v) is 2.12. The van der Waals surface area contributed by atoms with E-state index in [0.29, 0.717) is 6.07 Å². The molecule has 1 amide bonds. The summed E-state index contributed by atoms with van der Waals surface area (Å²) < 4.78 is 78.0. The fourth-order valence-corrected chi connectivity index (χ4v) is 1.28. The number of ether oxygens (including phenoxy) is 1. The number of nitrogens with two attached hydrogens (primary N) is 1. The highest BCUT2D eigenvalue weighted by atomic mass is 19.4. The summed E-state index contributed by atoms with van der Waals surface area (Å²) in [6.45, 7) is 0. The van der Waals surface area contributed by atoms with E-state index in [9.17, 15) is 35.9 Å². The van der Waals surface area contributed by atoms with Crippen LogP contribution in [0.15, 0.2) is 18.2 Å². The summed E-state index contributed by atoms with van der Waals surface area (Å²) in [4.78, 5) is 20.0. The minimum atomic E-state index is -5.22. The van der Waals surface area contributed by atoms with Crippen molar-refractivity contribution in [2.45, 2.75) is 12.4 Å². The molecule has 5 nitrogen and oxygen atoms in total. The zero-order chi connectivity index (χ0) is 17.6. The molecule has 0 aliphatic carbocycles. The van der Waals surface area contributed by atoms with Gasteiger partial charge in [-0.2, -0.15) is 26.3 Å². The Balaban J connectivity index is 0.000000626. The van der Waals surface area contributed by atoms with Gasteiger partial charge in [0.15, 0.2) is 6.29 Å². The van der Waals surface area contributed by atoms with Crippen molar-refractivity contribution in [1.29, 1.82) is 0 Å². The number of rotatable bonds is 1. The molecule has 0 radical (unpaired) electrons. The molecule has 0 unspecified atom stereocenters. The monoisotopic (exact) mass is 332 g/mol. The van der Waals surface area contributed by atoms with Gasteiger partial charge in [-0.15, -0.1) is 0 Å². The number of carbonyl (C=O) groups excluding carboxylic acids is 2. The number of hydrogen-bond donors (Lipinski definition) is 2. The van der Waals surface area contributed by atoms with Crippen LogP contribution in [0.3, 0.4) is 0 Å². The topological polar surface area (TPSA) is 81.4 Å². The van der Waals surface area contributed by atoms with Crippen LogP contribution in [0, 0.1) is 0 Å². The van der Waals surface area contributed by atoms with Crippen molar-refractivity contribution in [3.8, 4) is 0 Å². The second-order valence-electron chi connectivity index (χ2n) is 3.52. The molecule has 22 heavy (non-hydrogen) atoms. The van der Waals surface area contributed by atoms with Gasteiger partial charge in [0.1, 0.15) is 0 Å². The number of aldehydes is 1. The first kappa shape index (κ1) is 19.7. The van der Waals surface area contributed by atoms with E-state index in [4.69, 9.17) is 0 Å². The van der Waals surface area contributed by atoms with Gasteiger partial charge in [-0.1, -0.05) is 12.1 Å². The van der Waals surface area contributed by atoms with Gasteiger partial charge in [-0.3, -0.25) is 10.2 Å². The standard InChI is InChI=1S/C9H4F6O.C2H6N2O2/c10-8(11,12)6-3-1-2-5(4-16)7(6)9(13,14)15;1-6-2(5)4-3/h1-4H;3H2,1H3,(H,4,5). The lowest BCUT2D eigenvalue weighted by Gasteiger charge is -2.16. The van der Waals surface area contributed by atoms with Crippen LogP contribution in [0.2, 0.25) is 0 Å². The van der Waals surface area contributed by atoms with Gasteiger partial charge in [0.25, 0.3) is 0 Å². The predicted molar refractivity (Wildman–Crippen MR) is 61.6 cm³/mol. The van der Waals surface area contributed by atoms with Gasteiger partial charge in [0.2, 0.25) is 0 Å². The summed E-state index contributed by atoms with van der Waals surface area (Å²) in [5.41, 5.74) is -3.08. The minimum Gasteiger partial charge on any atom is -0.452 e. The summed E-state index contributed by atoms with van der Waals surface area (Å²) >= 11 is 0. The minimum absolute atomic E-state index is 0.252. The Kier molecular flexibility index (Phi) is 6.84. The van der Waals surface area contributed by atoms with Gasteiger partial charge in [-0.05, 0) is 6.07 Å². The van der Waals surface area contributed by atoms with Gasteiger partial charge >= 0.3 is 18.4 Å². The molecule has 3 N–H and O–H groups in total. The SMILES string of the molecule is COC(=O)NN.O=Cc1cccc(C(F)(F)F)c1C(F)(F)F. The molecule has 0 bridgehead atoms. The summed E-state index contributed by atoms with van der Waals surface area (Å²) in [7, 11) is 1.24. The molecule has 0 aromatic heterocycles. The highest BCUT2D eigenvalue weighted by molar-refractivity contribution is 5.78. The van der Waals surface area contributed by atoms with Crippen LogP contribution < -0.4 is 11.3 Å². The van der Waals surface area contributed by atoms with E-state index in [2.05, 4.69) is 10.6 Å². The van der Waals surface area contributed by atoms with Crippen LogP contribution in [0.5, 0.6) is 0 Å². The van der Waals surface area contributed by atoms with Crippen molar-refractivity contribution in [3.63, 3.8) is 0 Å². The Morgan fingerprint density at radius 1 is 1.18 bits per heavy atom. The van der Waals surface area contributed by atoms with Crippen LogP contribution in [-0.2, 0) is 17.1 Å². The first-order valence-electron chi connectivity index (χ1n) is 5.26. The molecule has 124 valence electrons. The average molecular weight is 332 g/mol. The number of nitrogens with one attached hydrogen (secondary N) is 1. The Morgan fingerprint density at radius 2 is 1.73 bits per heavy atom. The van der Waals surface area contributed by atoms with Crippen molar-refractivity contribution in [3.05, 3.63) is 34.9 Å². The van der Waals surface area contributed by atoms with E-state index in [1.807, 2.05) is 0 Å². The molecule has 0 heterocycles. The highest BCUT2D eigenvalue weighted by Gasteiger charge is 2.44. The van der Waals surface area contributed by atoms with E-state index < -0.39 is 35.1 Å². The first-order chi connectivity index (χ1) is 9.98. The lowest BCUT2D eigenvalue weighted by molar-refractivity contribution is -0.162. The van der Waals surface area contributed by atoms with Gasteiger partial charge in [0.05, 0.1) is 18.2 Å². The maximum atomic E-state index is 12.4. The van der Waals surface area contributed by atoms with Crippen LogP contribution >= 0.6 is 0 Å². The Hall–Kier alpha value is -2.30. The Bertz CT molecular complexity index is 522. The third kappa shape index (κ3) is 5.60. The summed E-state index contributed by atoms with van der Waals surface area (Å²) in [5, 5.41) is 0. The largest absolute Gasteiger partial charge is 0.452 e. The smallest absolute Gasteiger partial charge is 0.421 e. The van der Waals surface area contributed by atoms with Crippen molar-refractivity contribution in [1.82, 2.24) is 5.43 Å². The van der Waals surface area contributed by atoms with E-state index in [0.717, 1.165) is 6.07 Å². The zero-order valence-corrected chi connectivity index (χ0v) is 10.9. The van der Waals surface area contributed by atoms with E-state index in [-0.39, 0.29) is 12.4 Å². The molecule has 0 atom stereocenters. The number of alkyl halides is 6. The molecule has 0 spiro atoms. The van der Waals surface area contributed by atoms with Crippen LogP contribution in [0.25, 0.3) is 0 Å². The average Bonchev–Trinajstić information content (AvgIpc) is 2.44. The van der Waals surface area contributed by atoms with Crippen LogP contribution in [-0.4, -0.2) is 19.5 Å². The first-order valence-corrected chi connectivity index (χ1v) is 5.26. The second kappa shape index (κ2) is 7.64. The summed E-state index contributed by atoms with van der Waals surface area (Å²) in [6.07, 6.45) is -11.3. The second-order valence-corrected chi connectivity index (χ2v) is 3.52. The maximum absolute atomic E-state index is 12.4. The summed E-state index contributed by atoms with van der Waals surface area (Å²) in [6, 6.07) is 1.72. The molecule has 0 fully saturated rings. The summed E-state index contributed by atoms with van der Waals surface area (Å²) in [5.74, 6) is 4.56. The number of carbonyl (C=O) groups is 2. The predicted octanol–water partition coefficient (Wildman–Crippen LogP) is 2.75. The van der Waals surface area contributed by atoms with Crippen molar-refractivity contribution >= 4 is 12.4 Å². The number of benzene rings is 1. The number of hydrogen-bond acceptors (Lipinski definition) is 4. The molecular weight excluding hydrogens is 322 g/mol. The lowest BCUT2D eigenvalue weighted by atomic mass is 10.0. The maximum Gasteiger partial charge on any atom is 0.421 e. The van der Waals surface area contributed by atoms with E-state index in [1.165, 1.54) is 7.11 Å². The molecule has 1 rings (SSSR count). The van der Waals surface area contributed by atoms with E-state index in [1.54, 1.807) is 5.43 Å². The molecule has 0 aliphatic heterocycles. The molecular formula is C11H10F6N2O3. The molecule has 1 aromatic rings. The molecule has 1 aromatic carbocycles. The zero-order valence-electron chi connectivity index (χ0n) is 10.9. The number of halogens is 6. The number of methoxy groups -OCH3 is 1. The van der Waals surface area contributed by atoms with Crippen LogP contribution in [0.4, 0.5) is 31.1 Å². The fourth-order valence-electron chi connectivity index (χ4n) is 1.28. The van der Waals surface area contributed by atoms with Crippen molar-refractivity contribution in [2.24, 2.45) is 5.84 Å². The number of amides is 1. The fraction of sp³-hybridized carbons (Fsp3) is 0.273. The molecule has 11 heteroatoms. The quantitative estimate of drug-likeness (QED) is 0.272. The highest BCUT2D eigenvalue weighted by Crippen LogP contribution is 2.41. The molecule has 0 aliphatic rings. The molecule has 0 saturated carbocycles. The van der Waals surface area contributed by atoms with Crippen LogP contribution in [0.1, 0.15) is 21.5 Å². The van der Waals surface area contributed by atoms with Gasteiger partial charge in [-0.25, -0.2) is 10.6 Å². The normalized spacial score (nSPS) is 11.1. The number of hydrazine groups is 1. The molecule has 0 saturated heterocycles. The lowest BCUT2D eigenvalue weighted by Crippen LogP contribution is -2.29. The Morgan fingerprint density at radius 3 is 2.00 bits per heavy atom. The van der Waals surface area contributed by atoms with Gasteiger partial charge in [0, 0.05) is 5.56 Å². The third-order valence-electron chi connectivity index (χ3n) is 2.12.